The first-order valence-corrected chi connectivity index (χ1v) is 10.1. The number of nitrogens with zero attached hydrogens (tertiary/aromatic N) is 2. The minimum atomic E-state index is -4.76. The second-order valence-electron chi connectivity index (χ2n) is 7.65. The van der Waals surface area contributed by atoms with Crippen LogP contribution in [0.2, 0.25) is 0 Å². The molecule has 0 fully saturated rings. The summed E-state index contributed by atoms with van der Waals surface area (Å²) in [5, 5.41) is 0.674. The molecule has 0 bridgehead atoms. The van der Waals surface area contributed by atoms with E-state index in [-0.39, 0.29) is 11.1 Å². The third kappa shape index (κ3) is 4.93. The summed E-state index contributed by atoms with van der Waals surface area (Å²) in [5.74, 6) is -1.74. The van der Waals surface area contributed by atoms with Gasteiger partial charge >= 0.3 is 12.4 Å². The van der Waals surface area contributed by atoms with Crippen LogP contribution in [0.25, 0.3) is 10.9 Å². The molecular weight excluding hydrogens is 458 g/mol. The molecule has 9 heteroatoms. The number of carbonyl (C=O) groups is 1. The SMILES string of the molecule is O=C(C[C@@H](c1ccc(C(F)(F)F)cc1)c1ncccc1C(F)(F)F)c1cnc2ccccc2c1. The summed E-state index contributed by atoms with van der Waals surface area (Å²) in [5.41, 5.74) is -1.50. The molecule has 1 atom stereocenters. The molecule has 2 aromatic heterocycles. The lowest BCUT2D eigenvalue weighted by atomic mass is 9.86. The molecule has 2 aromatic carbocycles. The first-order chi connectivity index (χ1) is 16.0. The molecule has 34 heavy (non-hydrogen) atoms. The smallest absolute Gasteiger partial charge is 0.294 e. The van der Waals surface area contributed by atoms with Gasteiger partial charge in [0, 0.05) is 35.7 Å². The maximum Gasteiger partial charge on any atom is 0.418 e. The summed E-state index contributed by atoms with van der Waals surface area (Å²) in [6.07, 6.45) is -7.32. The molecule has 0 unspecified atom stereocenters. The zero-order chi connectivity index (χ0) is 24.5. The fraction of sp³-hybridized carbons (Fsp3) is 0.160. The Balaban J connectivity index is 1.77. The van der Waals surface area contributed by atoms with E-state index in [2.05, 4.69) is 9.97 Å². The van der Waals surface area contributed by atoms with Crippen LogP contribution < -0.4 is 0 Å². The van der Waals surface area contributed by atoms with E-state index < -0.39 is 47.3 Å². The van der Waals surface area contributed by atoms with Crippen LogP contribution in [0.4, 0.5) is 26.3 Å². The van der Waals surface area contributed by atoms with Crippen LogP contribution >= 0.6 is 0 Å². The number of pyridine rings is 2. The number of ketones is 1. The van der Waals surface area contributed by atoms with Crippen molar-refractivity contribution in [3.63, 3.8) is 0 Å². The molecule has 2 heterocycles. The van der Waals surface area contributed by atoms with Crippen molar-refractivity contribution in [3.8, 4) is 0 Å². The molecule has 0 saturated carbocycles. The van der Waals surface area contributed by atoms with Crippen LogP contribution in [0.15, 0.2) is 79.1 Å². The van der Waals surface area contributed by atoms with Crippen molar-refractivity contribution in [1.82, 2.24) is 9.97 Å². The minimum absolute atomic E-state index is 0.110. The number of halogens is 6. The second-order valence-corrected chi connectivity index (χ2v) is 7.65. The van der Waals surface area contributed by atoms with Crippen LogP contribution in [-0.4, -0.2) is 15.8 Å². The third-order valence-electron chi connectivity index (χ3n) is 5.42. The highest BCUT2D eigenvalue weighted by atomic mass is 19.4. The number of hydrogen-bond acceptors (Lipinski definition) is 3. The predicted octanol–water partition coefficient (Wildman–Crippen LogP) is 7.07. The molecule has 0 spiro atoms. The first-order valence-electron chi connectivity index (χ1n) is 10.1. The quantitative estimate of drug-likeness (QED) is 0.230. The van der Waals surface area contributed by atoms with Gasteiger partial charge in [0.15, 0.2) is 5.78 Å². The topological polar surface area (TPSA) is 42.9 Å². The van der Waals surface area contributed by atoms with Gasteiger partial charge in [-0.2, -0.15) is 26.3 Å². The van der Waals surface area contributed by atoms with E-state index in [9.17, 15) is 31.1 Å². The van der Waals surface area contributed by atoms with E-state index in [0.29, 0.717) is 10.9 Å². The Hall–Kier alpha value is -3.75. The van der Waals surface area contributed by atoms with Gasteiger partial charge in [-0.25, -0.2) is 0 Å². The van der Waals surface area contributed by atoms with Gasteiger partial charge in [-0.05, 0) is 42.0 Å². The van der Waals surface area contributed by atoms with Crippen molar-refractivity contribution in [2.24, 2.45) is 0 Å². The number of aromatic nitrogens is 2. The lowest BCUT2D eigenvalue weighted by Crippen LogP contribution is -2.17. The van der Waals surface area contributed by atoms with Gasteiger partial charge in [0.05, 0.1) is 22.3 Å². The Bertz CT molecular complexity index is 1330. The van der Waals surface area contributed by atoms with E-state index in [1.165, 1.54) is 6.20 Å². The average molecular weight is 474 g/mol. The number of rotatable bonds is 5. The second kappa shape index (κ2) is 8.89. The number of alkyl halides is 6. The van der Waals surface area contributed by atoms with E-state index >= 15 is 0 Å². The highest BCUT2D eigenvalue weighted by Gasteiger charge is 2.37. The van der Waals surface area contributed by atoms with Gasteiger partial charge in [-0.3, -0.25) is 14.8 Å². The normalized spacial score (nSPS) is 13.1. The summed E-state index contributed by atoms with van der Waals surface area (Å²) in [6.45, 7) is 0. The fourth-order valence-electron chi connectivity index (χ4n) is 3.74. The van der Waals surface area contributed by atoms with Crippen molar-refractivity contribution in [2.75, 3.05) is 0 Å². The molecule has 4 aromatic rings. The minimum Gasteiger partial charge on any atom is -0.294 e. The van der Waals surface area contributed by atoms with Crippen molar-refractivity contribution in [3.05, 3.63) is 107 Å². The molecule has 0 amide bonds. The van der Waals surface area contributed by atoms with E-state index in [1.807, 2.05) is 0 Å². The summed E-state index contributed by atoms with van der Waals surface area (Å²) >= 11 is 0. The molecule has 0 radical (unpaired) electrons. The number of benzene rings is 2. The van der Waals surface area contributed by atoms with Gasteiger partial charge in [-0.15, -0.1) is 0 Å². The zero-order valence-electron chi connectivity index (χ0n) is 17.4. The molecule has 4 rings (SSSR count). The molecule has 3 nitrogen and oxygen atoms in total. The fourth-order valence-corrected chi connectivity index (χ4v) is 3.74. The number of fused-ring (bicyclic) bond motifs is 1. The molecule has 0 aliphatic rings. The van der Waals surface area contributed by atoms with Gasteiger partial charge in [-0.1, -0.05) is 30.3 Å². The van der Waals surface area contributed by atoms with E-state index in [4.69, 9.17) is 0 Å². The number of Topliss-reactive ketones (excluding diaryl/α,β-unsaturated/α-hetero) is 1. The Morgan fingerprint density at radius 1 is 0.824 bits per heavy atom. The number of hydrogen-bond donors (Lipinski definition) is 0. The molecule has 0 saturated heterocycles. The number of carbonyl (C=O) groups excluding carboxylic acids is 1. The Kier molecular flexibility index (Phi) is 6.12. The van der Waals surface area contributed by atoms with E-state index in [0.717, 1.165) is 42.6 Å². The maximum atomic E-state index is 13.7. The predicted molar refractivity (Wildman–Crippen MR) is 113 cm³/mol. The summed E-state index contributed by atoms with van der Waals surface area (Å²) in [7, 11) is 0. The molecular formula is C25H16F6N2O. The largest absolute Gasteiger partial charge is 0.418 e. The van der Waals surface area contributed by atoms with Crippen LogP contribution in [0, 0.1) is 0 Å². The van der Waals surface area contributed by atoms with Crippen molar-refractivity contribution < 1.29 is 31.1 Å². The summed E-state index contributed by atoms with van der Waals surface area (Å²) in [6, 6.07) is 14.3. The Morgan fingerprint density at radius 2 is 1.53 bits per heavy atom. The highest BCUT2D eigenvalue weighted by Crippen LogP contribution is 2.39. The lowest BCUT2D eigenvalue weighted by molar-refractivity contribution is -0.139. The zero-order valence-corrected chi connectivity index (χ0v) is 17.4. The first kappa shape index (κ1) is 23.4. The van der Waals surface area contributed by atoms with Crippen LogP contribution in [0.5, 0.6) is 0 Å². The van der Waals surface area contributed by atoms with Gasteiger partial charge in [0.1, 0.15) is 0 Å². The highest BCUT2D eigenvalue weighted by molar-refractivity contribution is 5.99. The average Bonchev–Trinajstić information content (AvgIpc) is 2.81. The van der Waals surface area contributed by atoms with E-state index in [1.54, 1.807) is 30.3 Å². The van der Waals surface area contributed by atoms with Gasteiger partial charge < -0.3 is 0 Å². The van der Waals surface area contributed by atoms with Crippen LogP contribution in [0.1, 0.15) is 45.1 Å². The van der Waals surface area contributed by atoms with Gasteiger partial charge in [0.2, 0.25) is 0 Å². The standard InChI is InChI=1S/C25H16F6N2O/c26-24(27,28)18-9-7-15(8-10-18)19(23-20(25(29,30)31)5-3-11-32-23)13-22(34)17-12-16-4-1-2-6-21(16)33-14-17/h1-12,14,19H,13H2/t19-/m0/s1. The molecule has 174 valence electrons. The lowest BCUT2D eigenvalue weighted by Gasteiger charge is -2.21. The van der Waals surface area contributed by atoms with Gasteiger partial charge in [0.25, 0.3) is 0 Å². The molecule has 0 aliphatic heterocycles. The number of para-hydroxylation sites is 1. The van der Waals surface area contributed by atoms with Crippen LogP contribution in [-0.2, 0) is 12.4 Å². The summed E-state index contributed by atoms with van der Waals surface area (Å²) in [4.78, 5) is 21.2. The molecule has 0 aliphatic carbocycles. The Morgan fingerprint density at radius 3 is 2.21 bits per heavy atom. The van der Waals surface area contributed by atoms with Crippen molar-refractivity contribution in [1.29, 1.82) is 0 Å². The monoisotopic (exact) mass is 474 g/mol. The van der Waals surface area contributed by atoms with Crippen LogP contribution in [0.3, 0.4) is 0 Å². The van der Waals surface area contributed by atoms with Crippen molar-refractivity contribution >= 4 is 16.7 Å². The van der Waals surface area contributed by atoms with Crippen molar-refractivity contribution in [2.45, 2.75) is 24.7 Å². The maximum absolute atomic E-state index is 13.7. The third-order valence-corrected chi connectivity index (χ3v) is 5.42. The molecule has 0 N–H and O–H groups in total. The summed E-state index contributed by atoms with van der Waals surface area (Å²) < 4.78 is 80.1. The Labute approximate surface area is 190 Å².